The number of aromatic nitrogens is 1. The molecule has 0 fully saturated rings. The molecular formula is C18H20N2S. The smallest absolute Gasteiger partial charge is 0.0563 e. The number of pyridine rings is 1. The van der Waals surface area contributed by atoms with Crippen LogP contribution in [0, 0.1) is 4.51 Å². The van der Waals surface area contributed by atoms with E-state index in [-0.39, 0.29) is 0 Å². The molecule has 0 amide bonds. The van der Waals surface area contributed by atoms with Crippen LogP contribution >= 0.6 is 12.2 Å². The fraction of sp³-hybridized carbons (Fsp3) is 0.278. The molecule has 2 aromatic carbocycles. The van der Waals surface area contributed by atoms with Gasteiger partial charge in [0.1, 0.15) is 0 Å². The Bertz CT molecular complexity index is 773. The number of para-hydroxylation sites is 2. The molecule has 0 unspecified atom stereocenters. The number of fused-ring (bicyclic) bond motifs is 2. The lowest BCUT2D eigenvalue weighted by Crippen LogP contribution is -2.15. The zero-order valence-electron chi connectivity index (χ0n) is 12.5. The molecule has 21 heavy (non-hydrogen) atoms. The van der Waals surface area contributed by atoms with Gasteiger partial charge in [-0.05, 0) is 39.2 Å². The molecular weight excluding hydrogens is 276 g/mol. The van der Waals surface area contributed by atoms with Gasteiger partial charge in [0.05, 0.1) is 4.51 Å². The van der Waals surface area contributed by atoms with Gasteiger partial charge >= 0.3 is 0 Å². The molecule has 0 radical (unpaired) electrons. The van der Waals surface area contributed by atoms with Crippen molar-refractivity contribution >= 4 is 34.0 Å². The molecule has 0 spiro atoms. The molecule has 2 nitrogen and oxygen atoms in total. The third-order valence-electron chi connectivity index (χ3n) is 3.87. The van der Waals surface area contributed by atoms with Gasteiger partial charge in [-0.3, -0.25) is 0 Å². The maximum atomic E-state index is 5.69. The summed E-state index contributed by atoms with van der Waals surface area (Å²) in [6.07, 6.45) is 1.13. The van der Waals surface area contributed by atoms with Crippen LogP contribution in [0.4, 0.5) is 0 Å². The summed E-state index contributed by atoms with van der Waals surface area (Å²) < 4.78 is 3.37. The summed E-state index contributed by atoms with van der Waals surface area (Å²) in [6.45, 7) is 2.10. The highest BCUT2D eigenvalue weighted by Crippen LogP contribution is 2.25. The SMILES string of the molecule is CN(C)CCCn1c2ccccc2c(=S)c2ccccc21. The van der Waals surface area contributed by atoms with Crippen LogP contribution in [0.1, 0.15) is 6.42 Å². The Hall–Kier alpha value is -1.71. The first kappa shape index (κ1) is 14.2. The molecule has 0 atom stereocenters. The van der Waals surface area contributed by atoms with E-state index < -0.39 is 0 Å². The lowest BCUT2D eigenvalue weighted by molar-refractivity contribution is 0.389. The molecule has 0 aliphatic carbocycles. The normalized spacial score (nSPS) is 11.6. The van der Waals surface area contributed by atoms with E-state index in [1.807, 2.05) is 0 Å². The van der Waals surface area contributed by atoms with Crippen molar-refractivity contribution in [2.45, 2.75) is 13.0 Å². The lowest BCUT2D eigenvalue weighted by Gasteiger charge is -2.17. The predicted octanol–water partition coefficient (Wildman–Crippen LogP) is 4.48. The first-order chi connectivity index (χ1) is 10.2. The zero-order chi connectivity index (χ0) is 14.8. The van der Waals surface area contributed by atoms with Gasteiger partial charge in [-0.25, -0.2) is 0 Å². The van der Waals surface area contributed by atoms with E-state index >= 15 is 0 Å². The Kier molecular flexibility index (Phi) is 4.04. The Morgan fingerprint density at radius 1 is 0.905 bits per heavy atom. The van der Waals surface area contributed by atoms with Crippen molar-refractivity contribution in [3.05, 3.63) is 53.0 Å². The zero-order valence-corrected chi connectivity index (χ0v) is 13.4. The van der Waals surface area contributed by atoms with Crippen molar-refractivity contribution in [1.82, 2.24) is 9.47 Å². The molecule has 1 aromatic heterocycles. The Balaban J connectivity index is 2.22. The minimum Gasteiger partial charge on any atom is -0.340 e. The van der Waals surface area contributed by atoms with Crippen LogP contribution in [0.3, 0.4) is 0 Å². The average molecular weight is 296 g/mol. The summed E-state index contributed by atoms with van der Waals surface area (Å²) in [7, 11) is 4.24. The fourth-order valence-electron chi connectivity index (χ4n) is 2.86. The van der Waals surface area contributed by atoms with Crippen LogP contribution in [0.2, 0.25) is 0 Å². The highest BCUT2D eigenvalue weighted by Gasteiger charge is 2.07. The molecule has 108 valence electrons. The molecule has 1 heterocycles. The number of benzene rings is 2. The van der Waals surface area contributed by atoms with E-state index in [9.17, 15) is 0 Å². The third-order valence-corrected chi connectivity index (χ3v) is 4.31. The first-order valence-electron chi connectivity index (χ1n) is 7.33. The van der Waals surface area contributed by atoms with E-state index in [0.29, 0.717) is 0 Å². The van der Waals surface area contributed by atoms with Gasteiger partial charge in [-0.2, -0.15) is 0 Å². The maximum Gasteiger partial charge on any atom is 0.0563 e. The highest BCUT2D eigenvalue weighted by molar-refractivity contribution is 7.72. The summed E-state index contributed by atoms with van der Waals surface area (Å²) in [5, 5.41) is 2.35. The van der Waals surface area contributed by atoms with Crippen LogP contribution in [0.25, 0.3) is 21.8 Å². The second-order valence-corrected chi connectivity index (χ2v) is 6.08. The molecule has 0 aliphatic rings. The summed E-state index contributed by atoms with van der Waals surface area (Å²) >= 11 is 5.69. The minimum atomic E-state index is 0.963. The average Bonchev–Trinajstić information content (AvgIpc) is 2.50. The van der Waals surface area contributed by atoms with Crippen molar-refractivity contribution in [3.8, 4) is 0 Å². The van der Waals surface area contributed by atoms with Crippen LogP contribution in [-0.2, 0) is 6.54 Å². The lowest BCUT2D eigenvalue weighted by atomic mass is 10.1. The number of hydrogen-bond acceptors (Lipinski definition) is 2. The van der Waals surface area contributed by atoms with Gasteiger partial charge in [-0.15, -0.1) is 0 Å². The predicted molar refractivity (Wildman–Crippen MR) is 93.4 cm³/mol. The molecule has 0 bridgehead atoms. The van der Waals surface area contributed by atoms with Gasteiger partial charge in [-0.1, -0.05) is 48.6 Å². The molecule has 0 saturated heterocycles. The number of hydrogen-bond donors (Lipinski definition) is 0. The first-order valence-corrected chi connectivity index (χ1v) is 7.74. The Labute approximate surface area is 130 Å². The van der Waals surface area contributed by atoms with E-state index in [0.717, 1.165) is 24.0 Å². The van der Waals surface area contributed by atoms with Crippen molar-refractivity contribution in [2.24, 2.45) is 0 Å². The highest BCUT2D eigenvalue weighted by atomic mass is 32.1. The summed E-state index contributed by atoms with van der Waals surface area (Å²) in [4.78, 5) is 2.23. The molecule has 0 aliphatic heterocycles. The quantitative estimate of drug-likeness (QED) is 0.518. The van der Waals surface area contributed by atoms with Crippen LogP contribution in [0.5, 0.6) is 0 Å². The van der Waals surface area contributed by atoms with E-state index in [4.69, 9.17) is 12.2 Å². The van der Waals surface area contributed by atoms with Crippen molar-refractivity contribution in [1.29, 1.82) is 0 Å². The standard InChI is InChI=1S/C18H20N2S/c1-19(2)12-7-13-20-16-10-5-3-8-14(16)18(21)15-9-4-6-11-17(15)20/h3-6,8-11H,7,12-13H2,1-2H3. The second kappa shape index (κ2) is 5.96. The molecule has 3 aromatic rings. The van der Waals surface area contributed by atoms with Gasteiger partial charge in [0.15, 0.2) is 0 Å². The largest absolute Gasteiger partial charge is 0.340 e. The van der Waals surface area contributed by atoms with Crippen molar-refractivity contribution < 1.29 is 0 Å². The second-order valence-electron chi connectivity index (χ2n) is 5.67. The van der Waals surface area contributed by atoms with Gasteiger partial charge in [0, 0.05) is 28.4 Å². The maximum absolute atomic E-state index is 5.69. The third kappa shape index (κ3) is 2.71. The number of aryl methyl sites for hydroxylation is 1. The number of nitrogens with zero attached hydrogens (tertiary/aromatic N) is 2. The minimum absolute atomic E-state index is 0.963. The van der Waals surface area contributed by atoms with Gasteiger partial charge in [0.25, 0.3) is 0 Å². The van der Waals surface area contributed by atoms with Crippen molar-refractivity contribution in [2.75, 3.05) is 20.6 Å². The summed E-state index contributed by atoms with van der Waals surface area (Å²) in [5.41, 5.74) is 2.47. The Morgan fingerprint density at radius 2 is 1.43 bits per heavy atom. The summed E-state index contributed by atoms with van der Waals surface area (Å²) in [5.74, 6) is 0. The molecule has 0 N–H and O–H groups in total. The van der Waals surface area contributed by atoms with Crippen LogP contribution < -0.4 is 0 Å². The fourth-order valence-corrected chi connectivity index (χ4v) is 3.21. The summed E-state index contributed by atoms with van der Waals surface area (Å²) in [6, 6.07) is 16.9. The Morgan fingerprint density at radius 3 is 1.95 bits per heavy atom. The van der Waals surface area contributed by atoms with Crippen LogP contribution in [0.15, 0.2) is 48.5 Å². The van der Waals surface area contributed by atoms with E-state index in [1.54, 1.807) is 0 Å². The topological polar surface area (TPSA) is 8.17 Å². The molecule has 0 saturated carbocycles. The van der Waals surface area contributed by atoms with Crippen molar-refractivity contribution in [3.63, 3.8) is 0 Å². The molecule has 3 rings (SSSR count). The van der Waals surface area contributed by atoms with E-state index in [2.05, 4.69) is 72.1 Å². The monoisotopic (exact) mass is 296 g/mol. The van der Waals surface area contributed by atoms with E-state index in [1.165, 1.54) is 21.8 Å². The molecule has 3 heteroatoms. The number of rotatable bonds is 4. The van der Waals surface area contributed by atoms with Crippen LogP contribution in [-0.4, -0.2) is 30.1 Å². The van der Waals surface area contributed by atoms with Gasteiger partial charge < -0.3 is 9.47 Å². The van der Waals surface area contributed by atoms with Gasteiger partial charge in [0.2, 0.25) is 0 Å².